The van der Waals surface area contributed by atoms with Gasteiger partial charge in [-0.05, 0) is 30.7 Å². The summed E-state index contributed by atoms with van der Waals surface area (Å²) in [4.78, 5) is 24.0. The molecule has 1 aromatic rings. The Hall–Kier alpha value is -2.04. The zero-order valence-electron chi connectivity index (χ0n) is 11.4. The largest absolute Gasteiger partial charge is 0.482 e. The molecule has 0 aromatic heterocycles. The van der Waals surface area contributed by atoms with Gasteiger partial charge in [-0.1, -0.05) is 13.8 Å². The lowest BCUT2D eigenvalue weighted by atomic mass is 10.1. The highest BCUT2D eigenvalue weighted by atomic mass is 16.5. The molecule has 0 fully saturated rings. The zero-order valence-corrected chi connectivity index (χ0v) is 11.4. The van der Waals surface area contributed by atoms with Crippen LogP contribution in [0.1, 0.15) is 20.3 Å². The van der Waals surface area contributed by atoms with Gasteiger partial charge in [0.15, 0.2) is 6.61 Å². The van der Waals surface area contributed by atoms with Crippen molar-refractivity contribution in [3.05, 3.63) is 24.3 Å². The van der Waals surface area contributed by atoms with E-state index >= 15 is 0 Å². The monoisotopic (exact) mass is 265 g/mol. The average Bonchev–Trinajstić information content (AvgIpc) is 2.43. The number of carboxylic acids is 1. The second kappa shape index (κ2) is 6.78. The summed E-state index contributed by atoms with van der Waals surface area (Å²) in [5.74, 6) is -0.515. The molecule has 0 radical (unpaired) electrons. The molecule has 1 N–H and O–H groups in total. The molecule has 0 bridgehead atoms. The summed E-state index contributed by atoms with van der Waals surface area (Å²) in [6, 6.07) is 6.77. The molecular formula is C14H19NO4. The number of aliphatic carboxylic acids is 1. The Kier molecular flexibility index (Phi) is 5.36. The van der Waals surface area contributed by atoms with E-state index in [9.17, 15) is 9.59 Å². The minimum absolute atomic E-state index is 0.0204. The third-order valence-corrected chi connectivity index (χ3v) is 2.95. The van der Waals surface area contributed by atoms with Gasteiger partial charge < -0.3 is 14.7 Å². The lowest BCUT2D eigenvalue weighted by Gasteiger charge is -2.21. The summed E-state index contributed by atoms with van der Waals surface area (Å²) in [5.41, 5.74) is 0.757. The minimum Gasteiger partial charge on any atom is -0.482 e. The van der Waals surface area contributed by atoms with E-state index in [1.807, 2.05) is 13.8 Å². The predicted molar refractivity (Wildman–Crippen MR) is 72.4 cm³/mol. The Labute approximate surface area is 112 Å². The highest BCUT2D eigenvalue weighted by Gasteiger charge is 2.16. The van der Waals surface area contributed by atoms with Gasteiger partial charge in [0.1, 0.15) is 5.75 Å². The van der Waals surface area contributed by atoms with E-state index in [0.717, 1.165) is 12.1 Å². The van der Waals surface area contributed by atoms with E-state index in [1.54, 1.807) is 36.2 Å². The Morgan fingerprint density at radius 2 is 1.89 bits per heavy atom. The molecule has 1 amide bonds. The second-order valence-corrected chi connectivity index (χ2v) is 4.38. The summed E-state index contributed by atoms with van der Waals surface area (Å²) >= 11 is 0. The Morgan fingerprint density at radius 3 is 2.37 bits per heavy atom. The first-order chi connectivity index (χ1) is 8.95. The smallest absolute Gasteiger partial charge is 0.341 e. The standard InChI is InChI=1S/C14H19NO4/c1-4-10(2)14(18)15(3)11-5-7-12(8-6-11)19-9-13(16)17/h5-8,10H,4,9H2,1-3H3,(H,16,17). The third-order valence-electron chi connectivity index (χ3n) is 2.95. The van der Waals surface area contributed by atoms with E-state index in [-0.39, 0.29) is 18.4 Å². The van der Waals surface area contributed by atoms with E-state index in [0.29, 0.717) is 5.75 Å². The van der Waals surface area contributed by atoms with Crippen LogP contribution in [-0.2, 0) is 9.59 Å². The van der Waals surface area contributed by atoms with Gasteiger partial charge in [-0.25, -0.2) is 4.79 Å². The number of carbonyl (C=O) groups excluding carboxylic acids is 1. The number of rotatable bonds is 6. The molecule has 0 aliphatic heterocycles. The summed E-state index contributed by atoms with van der Waals surface area (Å²) in [5, 5.41) is 8.50. The molecule has 0 aliphatic rings. The highest BCUT2D eigenvalue weighted by molar-refractivity contribution is 5.94. The van der Waals surface area contributed by atoms with Crippen molar-refractivity contribution in [1.29, 1.82) is 0 Å². The number of nitrogens with zero attached hydrogens (tertiary/aromatic N) is 1. The lowest BCUT2D eigenvalue weighted by molar-refractivity contribution is -0.139. The van der Waals surface area contributed by atoms with E-state index in [4.69, 9.17) is 9.84 Å². The maximum Gasteiger partial charge on any atom is 0.341 e. The molecule has 0 aliphatic carbocycles. The van der Waals surface area contributed by atoms with Gasteiger partial charge in [-0.3, -0.25) is 4.79 Å². The van der Waals surface area contributed by atoms with E-state index in [1.165, 1.54) is 0 Å². The van der Waals surface area contributed by atoms with Crippen LogP contribution in [0.25, 0.3) is 0 Å². The second-order valence-electron chi connectivity index (χ2n) is 4.38. The van der Waals surface area contributed by atoms with Crippen molar-refractivity contribution < 1.29 is 19.4 Å². The quantitative estimate of drug-likeness (QED) is 0.856. The molecule has 19 heavy (non-hydrogen) atoms. The number of amides is 1. The molecule has 5 heteroatoms. The Morgan fingerprint density at radius 1 is 1.32 bits per heavy atom. The number of anilines is 1. The fraction of sp³-hybridized carbons (Fsp3) is 0.429. The number of ether oxygens (including phenoxy) is 1. The van der Waals surface area contributed by atoms with Crippen LogP contribution in [-0.4, -0.2) is 30.6 Å². The van der Waals surface area contributed by atoms with Gasteiger partial charge in [-0.2, -0.15) is 0 Å². The van der Waals surface area contributed by atoms with Crippen LogP contribution in [0.5, 0.6) is 5.75 Å². The normalized spacial score (nSPS) is 11.7. The molecule has 0 saturated carbocycles. The van der Waals surface area contributed by atoms with Crippen molar-refractivity contribution in [3.63, 3.8) is 0 Å². The van der Waals surface area contributed by atoms with Gasteiger partial charge in [0.05, 0.1) is 0 Å². The van der Waals surface area contributed by atoms with Crippen LogP contribution < -0.4 is 9.64 Å². The van der Waals surface area contributed by atoms with Crippen molar-refractivity contribution in [2.75, 3.05) is 18.6 Å². The molecule has 0 heterocycles. The Balaban J connectivity index is 2.70. The van der Waals surface area contributed by atoms with Crippen LogP contribution >= 0.6 is 0 Å². The average molecular weight is 265 g/mol. The van der Waals surface area contributed by atoms with Gasteiger partial charge in [-0.15, -0.1) is 0 Å². The third kappa shape index (κ3) is 4.28. The molecule has 104 valence electrons. The van der Waals surface area contributed by atoms with Gasteiger partial charge in [0.2, 0.25) is 5.91 Å². The fourth-order valence-electron chi connectivity index (χ4n) is 1.54. The topological polar surface area (TPSA) is 66.8 Å². The van der Waals surface area contributed by atoms with Crippen molar-refractivity contribution in [3.8, 4) is 5.75 Å². The maximum atomic E-state index is 12.0. The first-order valence-corrected chi connectivity index (χ1v) is 6.18. The fourth-order valence-corrected chi connectivity index (χ4v) is 1.54. The van der Waals surface area contributed by atoms with Crippen LogP contribution in [0, 0.1) is 5.92 Å². The number of hydrogen-bond donors (Lipinski definition) is 1. The van der Waals surface area contributed by atoms with Crippen LogP contribution in [0.3, 0.4) is 0 Å². The highest BCUT2D eigenvalue weighted by Crippen LogP contribution is 2.20. The summed E-state index contributed by atoms with van der Waals surface area (Å²) in [6.07, 6.45) is 0.795. The predicted octanol–water partition coefficient (Wildman–Crippen LogP) is 2.16. The molecular weight excluding hydrogens is 246 g/mol. The molecule has 5 nitrogen and oxygen atoms in total. The summed E-state index contributed by atoms with van der Waals surface area (Å²) in [6.45, 7) is 3.49. The zero-order chi connectivity index (χ0) is 14.4. The van der Waals surface area contributed by atoms with E-state index < -0.39 is 5.97 Å². The number of carboxylic acid groups (broad SMARTS) is 1. The minimum atomic E-state index is -1.02. The molecule has 1 atom stereocenters. The first kappa shape index (κ1) is 15.0. The molecule has 1 rings (SSSR count). The van der Waals surface area contributed by atoms with Gasteiger partial charge >= 0.3 is 5.97 Å². The number of hydrogen-bond acceptors (Lipinski definition) is 3. The van der Waals surface area contributed by atoms with Crippen molar-refractivity contribution in [2.45, 2.75) is 20.3 Å². The van der Waals surface area contributed by atoms with Gasteiger partial charge in [0, 0.05) is 18.7 Å². The summed E-state index contributed by atoms with van der Waals surface area (Å²) < 4.78 is 5.03. The van der Waals surface area contributed by atoms with Crippen LogP contribution in [0.2, 0.25) is 0 Å². The Bertz CT molecular complexity index is 441. The van der Waals surface area contributed by atoms with Crippen LogP contribution in [0.15, 0.2) is 24.3 Å². The SMILES string of the molecule is CCC(C)C(=O)N(C)c1ccc(OCC(=O)O)cc1. The van der Waals surface area contributed by atoms with Gasteiger partial charge in [0.25, 0.3) is 0 Å². The maximum absolute atomic E-state index is 12.0. The summed E-state index contributed by atoms with van der Waals surface area (Å²) in [7, 11) is 1.72. The lowest BCUT2D eigenvalue weighted by Crippen LogP contribution is -2.31. The van der Waals surface area contributed by atoms with Crippen LogP contribution in [0.4, 0.5) is 5.69 Å². The molecule has 0 saturated heterocycles. The number of benzene rings is 1. The van der Waals surface area contributed by atoms with Crippen molar-refractivity contribution in [2.24, 2.45) is 5.92 Å². The molecule has 0 spiro atoms. The molecule has 1 aromatic carbocycles. The van der Waals surface area contributed by atoms with Crippen molar-refractivity contribution in [1.82, 2.24) is 0 Å². The van der Waals surface area contributed by atoms with E-state index in [2.05, 4.69) is 0 Å². The van der Waals surface area contributed by atoms with Crippen molar-refractivity contribution >= 4 is 17.6 Å². The first-order valence-electron chi connectivity index (χ1n) is 6.18. The number of carbonyl (C=O) groups is 2. The molecule has 1 unspecified atom stereocenters.